The van der Waals surface area contributed by atoms with Crippen LogP contribution in [0, 0.1) is 12.7 Å². The van der Waals surface area contributed by atoms with Crippen molar-refractivity contribution in [3.05, 3.63) is 63.3 Å². The highest BCUT2D eigenvalue weighted by atomic mass is 35.5. The fraction of sp³-hybridized carbons (Fsp3) is 0.346. The van der Waals surface area contributed by atoms with E-state index in [0.717, 1.165) is 4.90 Å². The van der Waals surface area contributed by atoms with Gasteiger partial charge in [-0.15, -0.1) is 11.8 Å². The van der Waals surface area contributed by atoms with Gasteiger partial charge in [-0.1, -0.05) is 23.7 Å². The number of anilines is 1. The summed E-state index contributed by atoms with van der Waals surface area (Å²) in [6, 6.07) is 6.32. The third-order valence-electron chi connectivity index (χ3n) is 6.80. The lowest BCUT2D eigenvalue weighted by molar-refractivity contribution is -0.127. The third kappa shape index (κ3) is 4.89. The van der Waals surface area contributed by atoms with Crippen molar-refractivity contribution in [1.29, 1.82) is 0 Å². The van der Waals surface area contributed by atoms with Crippen molar-refractivity contribution in [2.24, 2.45) is 0 Å². The quantitative estimate of drug-likeness (QED) is 0.313. The molecule has 38 heavy (non-hydrogen) atoms. The second kappa shape index (κ2) is 9.92. The molecule has 0 saturated carbocycles. The smallest absolute Gasteiger partial charge is 0.350 e. The van der Waals surface area contributed by atoms with Crippen LogP contribution in [0.5, 0.6) is 0 Å². The normalized spacial score (nSPS) is 18.0. The van der Waals surface area contributed by atoms with E-state index in [1.165, 1.54) is 22.7 Å². The third-order valence-corrected chi connectivity index (χ3v) is 8.17. The SMILES string of the molecule is Cc1ccc(-c2c(Cl)cc3c(N4CCN(C(=O)/C=C/C(F)(F)F)C[C@@H]4C)nc(=O)n4c3c2SCC4)cc1F. The van der Waals surface area contributed by atoms with Crippen molar-refractivity contribution < 1.29 is 22.4 Å². The van der Waals surface area contributed by atoms with Crippen molar-refractivity contribution in [1.82, 2.24) is 14.5 Å². The van der Waals surface area contributed by atoms with Gasteiger partial charge in [0.25, 0.3) is 0 Å². The van der Waals surface area contributed by atoms with Crippen LogP contribution < -0.4 is 10.6 Å². The summed E-state index contributed by atoms with van der Waals surface area (Å²) in [6.45, 7) is 4.53. The maximum atomic E-state index is 14.4. The van der Waals surface area contributed by atoms with E-state index in [9.17, 15) is 27.2 Å². The summed E-state index contributed by atoms with van der Waals surface area (Å²) in [5.74, 6) is -0.0641. The minimum atomic E-state index is -4.57. The molecule has 1 aromatic heterocycles. The standard InChI is InChI=1S/C26H23ClF4N4O2S/c1-14-3-4-16(11-19(14)28)21-18(27)12-17-22-23(21)38-10-9-35(22)25(37)32-24(17)34-8-7-33(13-15(34)2)20(36)5-6-26(29,30)31/h3-6,11-12,15H,7-10,13H2,1-2H3/b6-5+/t15-/m0/s1. The Bertz CT molecular complexity index is 1540. The first-order chi connectivity index (χ1) is 17.9. The lowest BCUT2D eigenvalue weighted by Gasteiger charge is -2.41. The first-order valence-corrected chi connectivity index (χ1v) is 13.3. The number of hydrogen-bond donors (Lipinski definition) is 0. The summed E-state index contributed by atoms with van der Waals surface area (Å²) < 4.78 is 53.5. The van der Waals surface area contributed by atoms with Gasteiger partial charge in [-0.05, 0) is 37.1 Å². The molecule has 0 bridgehead atoms. The largest absolute Gasteiger partial charge is 0.409 e. The van der Waals surface area contributed by atoms with Crippen LogP contribution in [0.2, 0.25) is 5.02 Å². The molecule has 2 aliphatic rings. The molecule has 5 rings (SSSR count). The molecular formula is C26H23ClF4N4O2S. The molecule has 1 fully saturated rings. The molecule has 1 amide bonds. The van der Waals surface area contributed by atoms with Crippen molar-refractivity contribution in [3.63, 3.8) is 0 Å². The summed E-state index contributed by atoms with van der Waals surface area (Å²) in [6.07, 6.45) is -4.11. The minimum absolute atomic E-state index is 0.0712. The molecule has 0 radical (unpaired) electrons. The van der Waals surface area contributed by atoms with E-state index in [2.05, 4.69) is 4.98 Å². The van der Waals surface area contributed by atoms with Gasteiger partial charge in [-0.25, -0.2) is 9.18 Å². The number of nitrogens with zero attached hydrogens (tertiary/aromatic N) is 4. The molecule has 2 aromatic carbocycles. The number of piperazine rings is 1. The number of thioether (sulfide) groups is 1. The Hall–Kier alpha value is -3.05. The minimum Gasteiger partial charge on any atom is -0.350 e. The second-order valence-corrected chi connectivity index (χ2v) is 10.9. The van der Waals surface area contributed by atoms with E-state index in [1.54, 1.807) is 29.7 Å². The molecule has 2 aliphatic heterocycles. The van der Waals surface area contributed by atoms with Crippen LogP contribution >= 0.6 is 23.4 Å². The molecule has 12 heteroatoms. The van der Waals surface area contributed by atoms with Crippen LogP contribution in [0.1, 0.15) is 12.5 Å². The molecule has 3 aromatic rings. The van der Waals surface area contributed by atoms with E-state index in [1.807, 2.05) is 11.8 Å². The van der Waals surface area contributed by atoms with Crippen molar-refractivity contribution in [3.8, 4) is 11.1 Å². The number of carbonyl (C=O) groups is 1. The molecular weight excluding hydrogens is 544 g/mol. The van der Waals surface area contributed by atoms with E-state index in [0.29, 0.717) is 56.8 Å². The molecule has 0 aliphatic carbocycles. The fourth-order valence-electron chi connectivity index (χ4n) is 4.93. The maximum Gasteiger partial charge on any atom is 0.409 e. The summed E-state index contributed by atoms with van der Waals surface area (Å²) in [5.41, 5.74) is 1.99. The van der Waals surface area contributed by atoms with Gasteiger partial charge < -0.3 is 9.80 Å². The van der Waals surface area contributed by atoms with Gasteiger partial charge in [0.1, 0.15) is 11.6 Å². The van der Waals surface area contributed by atoms with Gasteiger partial charge in [-0.3, -0.25) is 9.36 Å². The van der Waals surface area contributed by atoms with Gasteiger partial charge in [0.15, 0.2) is 0 Å². The van der Waals surface area contributed by atoms with Crippen LogP contribution in [-0.2, 0) is 11.3 Å². The summed E-state index contributed by atoms with van der Waals surface area (Å²) in [4.78, 5) is 33.8. The lowest BCUT2D eigenvalue weighted by Crippen LogP contribution is -2.54. The zero-order valence-corrected chi connectivity index (χ0v) is 22.1. The summed E-state index contributed by atoms with van der Waals surface area (Å²) >= 11 is 8.33. The van der Waals surface area contributed by atoms with Crippen LogP contribution in [0.4, 0.5) is 23.4 Å². The lowest BCUT2D eigenvalue weighted by atomic mass is 10.0. The topological polar surface area (TPSA) is 58.4 Å². The first-order valence-electron chi connectivity index (χ1n) is 11.9. The van der Waals surface area contributed by atoms with Gasteiger partial charge in [0.05, 0.1) is 10.5 Å². The number of allylic oxidation sites excluding steroid dienone is 1. The predicted molar refractivity (Wildman–Crippen MR) is 140 cm³/mol. The molecule has 3 heterocycles. The Kier molecular flexibility index (Phi) is 6.93. The molecule has 0 spiro atoms. The first kappa shape index (κ1) is 26.6. The van der Waals surface area contributed by atoms with Crippen LogP contribution in [0.3, 0.4) is 0 Å². The average Bonchev–Trinajstić information content (AvgIpc) is 2.86. The van der Waals surface area contributed by atoms with Crippen molar-refractivity contribution in [2.75, 3.05) is 30.3 Å². The van der Waals surface area contributed by atoms with E-state index < -0.39 is 17.8 Å². The Balaban J connectivity index is 1.57. The van der Waals surface area contributed by atoms with E-state index >= 15 is 0 Å². The van der Waals surface area contributed by atoms with Gasteiger partial charge in [0.2, 0.25) is 5.91 Å². The number of amides is 1. The predicted octanol–water partition coefficient (Wildman–Crippen LogP) is 5.43. The number of aryl methyl sites for hydroxylation is 2. The number of benzene rings is 2. The summed E-state index contributed by atoms with van der Waals surface area (Å²) in [7, 11) is 0. The highest BCUT2D eigenvalue weighted by Gasteiger charge is 2.32. The molecule has 0 unspecified atom stereocenters. The van der Waals surface area contributed by atoms with Crippen LogP contribution in [-0.4, -0.2) is 58.0 Å². The Morgan fingerprint density at radius 3 is 2.66 bits per heavy atom. The number of hydrogen-bond acceptors (Lipinski definition) is 5. The number of rotatable bonds is 3. The zero-order chi connectivity index (χ0) is 27.4. The Morgan fingerprint density at radius 2 is 1.97 bits per heavy atom. The van der Waals surface area contributed by atoms with Crippen LogP contribution in [0.15, 0.2) is 46.1 Å². The van der Waals surface area contributed by atoms with Crippen molar-refractivity contribution in [2.45, 2.75) is 37.5 Å². The number of alkyl halides is 3. The average molecular weight is 567 g/mol. The van der Waals surface area contributed by atoms with Gasteiger partial charge in [-0.2, -0.15) is 18.2 Å². The molecule has 200 valence electrons. The number of carbonyl (C=O) groups excluding carboxylic acids is 1. The molecule has 1 saturated heterocycles. The highest BCUT2D eigenvalue weighted by Crippen LogP contribution is 2.46. The van der Waals surface area contributed by atoms with Crippen molar-refractivity contribution >= 4 is 46.0 Å². The maximum absolute atomic E-state index is 14.4. The molecule has 0 N–H and O–H groups in total. The Labute approximate surface area is 224 Å². The molecule has 6 nitrogen and oxygen atoms in total. The van der Waals surface area contributed by atoms with Gasteiger partial charge >= 0.3 is 11.9 Å². The Morgan fingerprint density at radius 1 is 1.21 bits per heavy atom. The van der Waals surface area contributed by atoms with Crippen LogP contribution in [0.25, 0.3) is 22.0 Å². The second-order valence-electron chi connectivity index (χ2n) is 9.34. The number of aromatic nitrogens is 2. The molecule has 1 atom stereocenters. The monoisotopic (exact) mass is 566 g/mol. The summed E-state index contributed by atoms with van der Waals surface area (Å²) in [5, 5.41) is 1.04. The zero-order valence-electron chi connectivity index (χ0n) is 20.5. The van der Waals surface area contributed by atoms with Gasteiger partial charge in [0, 0.05) is 66.0 Å². The van der Waals surface area contributed by atoms with E-state index in [-0.39, 0.29) is 37.6 Å². The number of halogens is 5. The highest BCUT2D eigenvalue weighted by molar-refractivity contribution is 7.99. The fourth-order valence-corrected chi connectivity index (χ4v) is 6.50. The van der Waals surface area contributed by atoms with E-state index in [4.69, 9.17) is 11.6 Å².